The fraction of sp³-hybridized carbons (Fsp3) is 1.00. The molecule has 5 heteroatoms. The molecule has 0 amide bonds. The normalized spacial score (nSPS) is 53.5. The second-order valence-electron chi connectivity index (χ2n) is 1.14. The molecule has 3 saturated heterocycles. The Morgan fingerprint density at radius 2 is 2.00 bits per heavy atom. The van der Waals surface area contributed by atoms with Gasteiger partial charge in [0.1, 0.15) is 0 Å². The molecule has 0 unspecified atom stereocenters. The molecule has 0 aromatic carbocycles. The van der Waals surface area contributed by atoms with Crippen molar-refractivity contribution in [1.29, 1.82) is 0 Å². The molecule has 0 spiro atoms. The Labute approximate surface area is 47.2 Å². The fourth-order valence-corrected chi connectivity index (χ4v) is 10.6. The maximum atomic E-state index is 5.43. The van der Waals surface area contributed by atoms with Crippen LogP contribution >= 0.6 is 20.0 Å². The minimum atomic E-state index is -0.530. The van der Waals surface area contributed by atoms with E-state index < -0.39 is 12.6 Å². The van der Waals surface area contributed by atoms with Crippen LogP contribution in [0.2, 0.25) is 0 Å². The van der Waals surface area contributed by atoms with Crippen LogP contribution in [0.4, 0.5) is 0 Å². The summed E-state index contributed by atoms with van der Waals surface area (Å²) in [5, 5.41) is 0. The van der Waals surface area contributed by atoms with Crippen LogP contribution in [0.5, 0.6) is 0 Å². The van der Waals surface area contributed by atoms with Crippen LogP contribution in [-0.2, 0) is 0 Å². The van der Waals surface area contributed by atoms with E-state index >= 15 is 0 Å². The molecule has 0 aliphatic carbocycles. The zero-order chi connectivity index (χ0) is 4.15. The Balaban J connectivity index is 2.11. The first kappa shape index (κ1) is 4.10. The van der Waals surface area contributed by atoms with E-state index in [2.05, 4.69) is 20.0 Å². The molecule has 2 N–H and O–H groups in total. The molecule has 0 aromatic rings. The van der Waals surface area contributed by atoms with Crippen molar-refractivity contribution in [3.05, 3.63) is 0 Å². The molecule has 0 atom stereocenters. The van der Waals surface area contributed by atoms with Gasteiger partial charge in [0.05, 0.1) is 0 Å². The van der Waals surface area contributed by atoms with Gasteiger partial charge in [-0.3, -0.25) is 0 Å². The van der Waals surface area contributed by atoms with E-state index in [4.69, 9.17) is 5.84 Å². The van der Waals surface area contributed by atoms with Crippen LogP contribution in [0.1, 0.15) is 0 Å². The zero-order valence-electron chi connectivity index (χ0n) is 2.87. The molecule has 2 bridgehead atoms. The summed E-state index contributed by atoms with van der Waals surface area (Å²) in [6.07, 6.45) is 0. The molecular weight excluding hydrogens is 179 g/mol. The summed E-state index contributed by atoms with van der Waals surface area (Å²) in [6, 6.07) is 0. The van der Waals surface area contributed by atoms with Crippen LogP contribution < -0.4 is 5.84 Å². The van der Waals surface area contributed by atoms with Gasteiger partial charge in [-0.1, -0.05) is 0 Å². The van der Waals surface area contributed by atoms with E-state index in [9.17, 15) is 0 Å². The van der Waals surface area contributed by atoms with E-state index in [0.717, 1.165) is 0 Å². The molecule has 3 aliphatic heterocycles. The van der Waals surface area contributed by atoms with Crippen molar-refractivity contribution < 1.29 is 0 Å². The van der Waals surface area contributed by atoms with Crippen LogP contribution in [0, 0.1) is 0 Å². The van der Waals surface area contributed by atoms with Gasteiger partial charge in [0, 0.05) is 0 Å². The molecule has 3 aliphatic rings. The Kier molecular flexibility index (Phi) is 0.763. The van der Waals surface area contributed by atoms with Gasteiger partial charge < -0.3 is 0 Å². The van der Waals surface area contributed by atoms with Gasteiger partial charge in [-0.15, -0.1) is 0 Å². The fourth-order valence-electron chi connectivity index (χ4n) is 0.362. The van der Waals surface area contributed by atoms with Gasteiger partial charge in [0.2, 0.25) is 0 Å². The van der Waals surface area contributed by atoms with Gasteiger partial charge in [-0.05, 0) is 0 Å². The first-order valence-electron chi connectivity index (χ1n) is 1.55. The van der Waals surface area contributed by atoms with E-state index in [-0.39, 0.29) is 0 Å². The van der Waals surface area contributed by atoms with Crippen molar-refractivity contribution in [2.75, 3.05) is 0 Å². The summed E-state index contributed by atoms with van der Waals surface area (Å²) in [6.45, 7) is 0. The predicted octanol–water partition coefficient (Wildman–Crippen LogP) is -0.0758. The van der Waals surface area contributed by atoms with Crippen molar-refractivity contribution in [2.24, 2.45) is 5.84 Å². The SMILES string of the molecule is NN1C2S[As]1S2. The maximum absolute atomic E-state index is 5.43. The zero-order valence-corrected chi connectivity index (χ0v) is 6.38. The second kappa shape index (κ2) is 1.12. The van der Waals surface area contributed by atoms with E-state index in [0.29, 0.717) is 4.71 Å². The molecule has 0 radical (unpaired) electrons. The first-order valence-corrected chi connectivity index (χ1v) is 8.66. The molecule has 0 saturated carbocycles. The number of hydrogen-bond acceptors (Lipinski definition) is 4. The van der Waals surface area contributed by atoms with Crippen LogP contribution in [0.25, 0.3) is 0 Å². The summed E-state index contributed by atoms with van der Waals surface area (Å²) < 4.78 is 2.70. The van der Waals surface area contributed by atoms with E-state index in [1.807, 2.05) is 3.93 Å². The van der Waals surface area contributed by atoms with E-state index in [1.165, 1.54) is 0 Å². The average Bonchev–Trinajstić information content (AvgIpc) is 1.28. The second-order valence-corrected chi connectivity index (χ2v) is 12.2. The van der Waals surface area contributed by atoms with Crippen LogP contribution in [0.15, 0.2) is 0 Å². The van der Waals surface area contributed by atoms with E-state index in [1.54, 1.807) is 0 Å². The number of rotatable bonds is 0. The van der Waals surface area contributed by atoms with Gasteiger partial charge in [0.15, 0.2) is 0 Å². The summed E-state index contributed by atoms with van der Waals surface area (Å²) in [7, 11) is 4.15. The summed E-state index contributed by atoms with van der Waals surface area (Å²) in [5.41, 5.74) is 0. The average molecular weight is 182 g/mol. The third kappa shape index (κ3) is 0.306. The monoisotopic (exact) mass is 182 g/mol. The van der Waals surface area contributed by atoms with Crippen molar-refractivity contribution in [2.45, 2.75) is 4.71 Å². The predicted molar refractivity (Wildman–Crippen MR) is 30.8 cm³/mol. The summed E-state index contributed by atoms with van der Waals surface area (Å²) in [4.78, 5) is 0. The molecule has 3 fully saturated rings. The van der Waals surface area contributed by atoms with Gasteiger partial charge >= 0.3 is 47.1 Å². The van der Waals surface area contributed by atoms with Gasteiger partial charge in [0.25, 0.3) is 0 Å². The van der Waals surface area contributed by atoms with Crippen molar-refractivity contribution in [1.82, 2.24) is 3.93 Å². The number of nitrogens with zero attached hydrogens (tertiary/aromatic N) is 1. The molecule has 34 valence electrons. The number of hydrazine groups is 1. The third-order valence-electron chi connectivity index (χ3n) is 0.765. The summed E-state index contributed by atoms with van der Waals surface area (Å²) >= 11 is -0.530. The third-order valence-corrected chi connectivity index (χ3v) is 15.8. The van der Waals surface area contributed by atoms with Crippen molar-refractivity contribution >= 4 is 32.6 Å². The standard InChI is InChI=1S/CH3AsN2S2/c3-4-1-5-2(4)6-1/h1H,3H2. The van der Waals surface area contributed by atoms with Crippen molar-refractivity contribution in [3.8, 4) is 0 Å². The molecule has 3 rings (SSSR count). The first-order chi connectivity index (χ1) is 2.88. The Hall–Kier alpha value is 1.18. The van der Waals surface area contributed by atoms with Crippen LogP contribution in [0.3, 0.4) is 0 Å². The quantitative estimate of drug-likeness (QED) is 0.419. The summed E-state index contributed by atoms with van der Waals surface area (Å²) in [5.74, 6) is 5.43. The Morgan fingerprint density at radius 1 is 1.67 bits per heavy atom. The van der Waals surface area contributed by atoms with Gasteiger partial charge in [-0.25, -0.2) is 0 Å². The van der Waals surface area contributed by atoms with Crippen molar-refractivity contribution in [3.63, 3.8) is 0 Å². The van der Waals surface area contributed by atoms with Crippen LogP contribution in [-0.4, -0.2) is 21.2 Å². The molecule has 0 aromatic heterocycles. The molecular formula is CH3AsN2S2. The molecule has 2 nitrogen and oxygen atoms in total. The Bertz CT molecular complexity index is 73.6. The number of nitrogens with two attached hydrogens (primary N) is 1. The topological polar surface area (TPSA) is 29.3 Å². The molecule has 6 heavy (non-hydrogen) atoms. The molecule has 3 heterocycles. The number of hydrogen-bond donors (Lipinski definition) is 1. The Morgan fingerprint density at radius 3 is 2.00 bits per heavy atom. The van der Waals surface area contributed by atoms with Gasteiger partial charge in [-0.2, -0.15) is 0 Å². The minimum absolute atomic E-state index is 0.530.